The van der Waals surface area contributed by atoms with E-state index in [1.807, 2.05) is 43.3 Å². The number of aryl methyl sites for hydroxylation is 1. The summed E-state index contributed by atoms with van der Waals surface area (Å²) in [6, 6.07) is 17.1. The lowest BCUT2D eigenvalue weighted by Crippen LogP contribution is -2.04. The maximum absolute atomic E-state index is 8.95. The zero-order valence-electron chi connectivity index (χ0n) is 13.2. The van der Waals surface area contributed by atoms with Gasteiger partial charge in [0.1, 0.15) is 11.6 Å². The number of benzene rings is 1. The molecule has 24 heavy (non-hydrogen) atoms. The third kappa shape index (κ3) is 3.68. The van der Waals surface area contributed by atoms with Crippen LogP contribution in [0.1, 0.15) is 16.7 Å². The first-order chi connectivity index (χ1) is 11.8. The van der Waals surface area contributed by atoms with E-state index < -0.39 is 0 Å². The van der Waals surface area contributed by atoms with Crippen molar-refractivity contribution >= 4 is 5.82 Å². The van der Waals surface area contributed by atoms with Crippen molar-refractivity contribution in [3.63, 3.8) is 0 Å². The largest absolute Gasteiger partial charge is 0.438 e. The van der Waals surface area contributed by atoms with Crippen LogP contribution in [-0.2, 0) is 6.54 Å². The van der Waals surface area contributed by atoms with Gasteiger partial charge in [0.15, 0.2) is 0 Å². The smallest absolute Gasteiger partial charge is 0.224 e. The van der Waals surface area contributed by atoms with Crippen LogP contribution in [0.25, 0.3) is 0 Å². The molecule has 0 saturated carbocycles. The van der Waals surface area contributed by atoms with Crippen LogP contribution in [0.3, 0.4) is 0 Å². The molecule has 3 aromatic rings. The summed E-state index contributed by atoms with van der Waals surface area (Å²) in [5.41, 5.74) is 2.52. The molecule has 0 unspecified atom stereocenters. The number of anilines is 1. The van der Waals surface area contributed by atoms with Crippen molar-refractivity contribution in [1.82, 2.24) is 9.97 Å². The van der Waals surface area contributed by atoms with Crippen molar-refractivity contribution in [1.29, 1.82) is 5.26 Å². The fourth-order valence-corrected chi connectivity index (χ4v) is 2.21. The van der Waals surface area contributed by atoms with Crippen LogP contribution in [-0.4, -0.2) is 9.97 Å². The van der Waals surface area contributed by atoms with Gasteiger partial charge in [0, 0.05) is 24.5 Å². The Balaban J connectivity index is 1.77. The summed E-state index contributed by atoms with van der Waals surface area (Å²) in [6.07, 6.45) is 3.31. The van der Waals surface area contributed by atoms with E-state index in [-0.39, 0.29) is 0 Å². The van der Waals surface area contributed by atoms with Crippen LogP contribution in [0.15, 0.2) is 60.9 Å². The Hall–Kier alpha value is -3.39. The minimum Gasteiger partial charge on any atom is -0.438 e. The summed E-state index contributed by atoms with van der Waals surface area (Å²) in [5, 5.41) is 12.1. The van der Waals surface area contributed by atoms with E-state index in [4.69, 9.17) is 10.00 Å². The summed E-state index contributed by atoms with van der Waals surface area (Å²) in [6.45, 7) is 2.49. The van der Waals surface area contributed by atoms with Crippen molar-refractivity contribution < 1.29 is 4.74 Å². The molecule has 2 heterocycles. The molecule has 1 aromatic carbocycles. The number of para-hydroxylation sites is 1. The number of nitriles is 1. The number of nitrogens with zero attached hydrogens (tertiary/aromatic N) is 3. The summed E-state index contributed by atoms with van der Waals surface area (Å²) in [7, 11) is 0. The van der Waals surface area contributed by atoms with Crippen molar-refractivity contribution in [3.8, 4) is 17.7 Å². The number of hydrogen-bond acceptors (Lipinski definition) is 5. The second-order valence-electron chi connectivity index (χ2n) is 5.23. The van der Waals surface area contributed by atoms with E-state index in [0.29, 0.717) is 23.8 Å². The van der Waals surface area contributed by atoms with Crippen LogP contribution in [0.5, 0.6) is 11.6 Å². The van der Waals surface area contributed by atoms with Gasteiger partial charge >= 0.3 is 0 Å². The maximum atomic E-state index is 8.95. The first kappa shape index (κ1) is 15.5. The molecule has 1 N–H and O–H groups in total. The van der Waals surface area contributed by atoms with E-state index in [1.54, 1.807) is 24.5 Å². The van der Waals surface area contributed by atoms with Gasteiger partial charge in [-0.2, -0.15) is 5.26 Å². The molecule has 0 spiro atoms. The third-order valence-corrected chi connectivity index (χ3v) is 3.50. The summed E-state index contributed by atoms with van der Waals surface area (Å²) in [5.74, 6) is 1.97. The Morgan fingerprint density at radius 1 is 1.08 bits per heavy atom. The molecular weight excluding hydrogens is 300 g/mol. The lowest BCUT2D eigenvalue weighted by Gasteiger charge is -2.12. The van der Waals surface area contributed by atoms with Crippen LogP contribution in [0, 0.1) is 18.3 Å². The van der Waals surface area contributed by atoms with E-state index in [1.165, 1.54) is 0 Å². The summed E-state index contributed by atoms with van der Waals surface area (Å²) < 4.78 is 5.95. The number of rotatable bonds is 5. The molecule has 118 valence electrons. The third-order valence-electron chi connectivity index (χ3n) is 3.50. The zero-order valence-corrected chi connectivity index (χ0v) is 13.2. The second kappa shape index (κ2) is 7.25. The predicted octanol–water partition coefficient (Wildman–Crippen LogP) is 4.06. The van der Waals surface area contributed by atoms with Gasteiger partial charge in [0.2, 0.25) is 5.88 Å². The van der Waals surface area contributed by atoms with Crippen molar-refractivity contribution in [2.75, 3.05) is 5.32 Å². The highest BCUT2D eigenvalue weighted by Crippen LogP contribution is 2.26. The Labute approximate surface area is 140 Å². The molecule has 0 aliphatic carbocycles. The van der Waals surface area contributed by atoms with Crippen LogP contribution in [0.4, 0.5) is 5.82 Å². The highest BCUT2D eigenvalue weighted by molar-refractivity contribution is 5.44. The zero-order chi connectivity index (χ0) is 16.8. The van der Waals surface area contributed by atoms with E-state index >= 15 is 0 Å². The lowest BCUT2D eigenvalue weighted by molar-refractivity contribution is 0.453. The Morgan fingerprint density at radius 3 is 2.79 bits per heavy atom. The second-order valence-corrected chi connectivity index (χ2v) is 5.23. The molecule has 2 aromatic heterocycles. The molecular formula is C19H16N4O. The van der Waals surface area contributed by atoms with Gasteiger partial charge in [-0.3, -0.25) is 0 Å². The summed E-state index contributed by atoms with van der Waals surface area (Å²) in [4.78, 5) is 8.53. The van der Waals surface area contributed by atoms with Gasteiger partial charge < -0.3 is 10.1 Å². The summed E-state index contributed by atoms with van der Waals surface area (Å²) >= 11 is 0. The maximum Gasteiger partial charge on any atom is 0.224 e. The normalized spacial score (nSPS) is 10.0. The van der Waals surface area contributed by atoms with Crippen molar-refractivity contribution in [2.24, 2.45) is 0 Å². The lowest BCUT2D eigenvalue weighted by atomic mass is 10.2. The molecule has 0 bridgehead atoms. The van der Waals surface area contributed by atoms with Crippen molar-refractivity contribution in [3.05, 3.63) is 77.6 Å². The number of pyridine rings is 2. The van der Waals surface area contributed by atoms with Gasteiger partial charge in [0.05, 0.1) is 11.6 Å². The molecule has 5 nitrogen and oxygen atoms in total. The molecule has 0 radical (unpaired) electrons. The fourth-order valence-electron chi connectivity index (χ4n) is 2.21. The number of ether oxygens (including phenoxy) is 1. The van der Waals surface area contributed by atoms with Gasteiger partial charge in [-0.05, 0) is 36.8 Å². The monoisotopic (exact) mass is 316 g/mol. The van der Waals surface area contributed by atoms with E-state index in [0.717, 1.165) is 16.9 Å². The molecule has 0 aliphatic rings. The predicted molar refractivity (Wildman–Crippen MR) is 91.8 cm³/mol. The number of hydrogen-bond donors (Lipinski definition) is 1. The average Bonchev–Trinajstić information content (AvgIpc) is 2.63. The SMILES string of the molecule is Cc1ccccc1Oc1ncccc1CNc1cc(C#N)ccn1. The van der Waals surface area contributed by atoms with Gasteiger partial charge in [-0.1, -0.05) is 24.3 Å². The topological polar surface area (TPSA) is 70.8 Å². The minimum absolute atomic E-state index is 0.497. The molecule has 0 fully saturated rings. The molecule has 0 atom stereocenters. The quantitative estimate of drug-likeness (QED) is 0.768. The fraction of sp³-hybridized carbons (Fsp3) is 0.105. The molecule has 0 saturated heterocycles. The Morgan fingerprint density at radius 2 is 1.96 bits per heavy atom. The first-order valence-electron chi connectivity index (χ1n) is 7.53. The first-order valence-corrected chi connectivity index (χ1v) is 7.53. The van der Waals surface area contributed by atoms with Gasteiger partial charge in [-0.15, -0.1) is 0 Å². The number of nitrogens with one attached hydrogen (secondary N) is 1. The average molecular weight is 316 g/mol. The number of aromatic nitrogens is 2. The van der Waals surface area contributed by atoms with Crippen LogP contribution in [0.2, 0.25) is 0 Å². The standard InChI is InChI=1S/C19H16N4O/c1-14-5-2-3-7-17(14)24-19-16(6-4-9-22-19)13-23-18-11-15(12-20)8-10-21-18/h2-11H,13H2,1H3,(H,21,23). The highest BCUT2D eigenvalue weighted by Gasteiger charge is 2.08. The highest BCUT2D eigenvalue weighted by atomic mass is 16.5. The van der Waals surface area contributed by atoms with Crippen LogP contribution >= 0.6 is 0 Å². The van der Waals surface area contributed by atoms with Gasteiger partial charge in [0.25, 0.3) is 0 Å². The molecule has 0 amide bonds. The Bertz CT molecular complexity index is 886. The van der Waals surface area contributed by atoms with Crippen molar-refractivity contribution in [2.45, 2.75) is 13.5 Å². The minimum atomic E-state index is 0.497. The van der Waals surface area contributed by atoms with E-state index in [9.17, 15) is 0 Å². The molecule has 0 aliphatic heterocycles. The van der Waals surface area contributed by atoms with Crippen LogP contribution < -0.4 is 10.1 Å². The molecule has 5 heteroatoms. The Kier molecular flexibility index (Phi) is 4.68. The molecule has 3 rings (SSSR count). The van der Waals surface area contributed by atoms with E-state index in [2.05, 4.69) is 21.4 Å². The van der Waals surface area contributed by atoms with Gasteiger partial charge in [-0.25, -0.2) is 9.97 Å².